The normalized spacial score (nSPS) is 15.1. The van der Waals surface area contributed by atoms with Gasteiger partial charge in [-0.3, -0.25) is 4.98 Å². The molecule has 0 saturated heterocycles. The van der Waals surface area contributed by atoms with Gasteiger partial charge in [-0.2, -0.15) is 0 Å². The molecule has 0 bridgehead atoms. The lowest BCUT2D eigenvalue weighted by molar-refractivity contribution is 0.103. The van der Waals surface area contributed by atoms with Crippen LogP contribution in [-0.2, 0) is 37.2 Å². The largest absolute Gasteiger partial charge is 0.493 e. The molecule has 0 atom stereocenters. The summed E-state index contributed by atoms with van der Waals surface area (Å²) < 4.78 is 21.5. The number of nitrogens with one attached hydrogen (secondary N) is 2. The van der Waals surface area contributed by atoms with E-state index < -0.39 is 0 Å². The van der Waals surface area contributed by atoms with Crippen LogP contribution in [0.3, 0.4) is 0 Å². The van der Waals surface area contributed by atoms with Gasteiger partial charge >= 0.3 is 0 Å². The number of aromatic nitrogens is 1. The minimum absolute atomic E-state index is 0.718. The number of pyridine rings is 1. The molecule has 0 aliphatic carbocycles. The Labute approximate surface area is 306 Å². The predicted octanol–water partition coefficient (Wildman–Crippen LogP) is 9.43. The maximum atomic E-state index is 5.46. The molecule has 1 aromatic heterocycles. The summed E-state index contributed by atoms with van der Waals surface area (Å²) in [5.41, 5.74) is 10.2. The van der Waals surface area contributed by atoms with Crippen LogP contribution in [0.15, 0.2) is 128 Å². The van der Waals surface area contributed by atoms with Gasteiger partial charge in [0.25, 0.3) is 0 Å². The van der Waals surface area contributed by atoms with E-state index in [1.807, 2.05) is 79.0 Å². The molecule has 7 nitrogen and oxygen atoms in total. The Morgan fingerprint density at radius 3 is 1.79 bits per heavy atom. The number of hydrogen-bond acceptors (Lipinski definition) is 7. The molecule has 6 heterocycles. The van der Waals surface area contributed by atoms with E-state index >= 15 is 0 Å². The number of anilines is 2. The van der Waals surface area contributed by atoms with E-state index in [1.165, 1.54) is 58.2 Å². The van der Waals surface area contributed by atoms with Crippen molar-refractivity contribution in [3.63, 3.8) is 0 Å². The van der Waals surface area contributed by atoms with Crippen LogP contribution < -0.4 is 24.8 Å². The van der Waals surface area contributed by atoms with Crippen molar-refractivity contribution in [2.24, 2.45) is 0 Å². The highest BCUT2D eigenvalue weighted by atomic mass is 16.5. The van der Waals surface area contributed by atoms with E-state index in [9.17, 15) is 0 Å². The Morgan fingerprint density at radius 2 is 1.04 bits per heavy atom. The van der Waals surface area contributed by atoms with Crippen LogP contribution in [0.4, 0.5) is 11.4 Å². The third-order valence-electron chi connectivity index (χ3n) is 9.39. The Kier molecular flexibility index (Phi) is 12.2. The summed E-state index contributed by atoms with van der Waals surface area (Å²) in [6, 6.07) is 41.2. The third-order valence-corrected chi connectivity index (χ3v) is 9.39. The van der Waals surface area contributed by atoms with Crippen LogP contribution in [0, 0.1) is 0 Å². The summed E-state index contributed by atoms with van der Waals surface area (Å²) in [5.74, 6) is 3.11. The lowest BCUT2D eigenvalue weighted by Crippen LogP contribution is -2.17. The van der Waals surface area contributed by atoms with Crippen LogP contribution in [0.1, 0.15) is 40.7 Å². The lowest BCUT2D eigenvalue weighted by atomic mass is 10.0. The molecule has 5 aliphatic rings. The van der Waals surface area contributed by atoms with Gasteiger partial charge < -0.3 is 29.6 Å². The highest BCUT2D eigenvalue weighted by Gasteiger charge is 2.12. The van der Waals surface area contributed by atoms with Crippen molar-refractivity contribution in [3.05, 3.63) is 155 Å². The lowest BCUT2D eigenvalue weighted by Gasteiger charge is -2.17. The molecule has 7 heteroatoms. The van der Waals surface area contributed by atoms with E-state index in [1.54, 1.807) is 0 Å². The third kappa shape index (κ3) is 9.22. The van der Waals surface area contributed by atoms with Gasteiger partial charge in [0.05, 0.1) is 37.6 Å². The fourth-order valence-electron chi connectivity index (χ4n) is 6.78. The smallest absolute Gasteiger partial charge is 0.142 e. The fourth-order valence-corrected chi connectivity index (χ4v) is 6.78. The second-order valence-corrected chi connectivity index (χ2v) is 13.0. The fraction of sp³-hybridized carbons (Fsp3) is 0.267. The minimum atomic E-state index is 0.718. The molecule has 266 valence electrons. The second kappa shape index (κ2) is 18.1. The number of aryl methyl sites for hydroxylation is 2. The summed E-state index contributed by atoms with van der Waals surface area (Å²) in [4.78, 5) is 4.33. The quantitative estimate of drug-likeness (QED) is 0.164. The first-order valence-electron chi connectivity index (χ1n) is 18.4. The van der Waals surface area contributed by atoms with Crippen molar-refractivity contribution in [2.75, 3.05) is 43.5 Å². The van der Waals surface area contributed by atoms with Gasteiger partial charge in [-0.1, -0.05) is 78.9 Å². The van der Waals surface area contributed by atoms with Crippen molar-refractivity contribution < 1.29 is 18.9 Å². The van der Waals surface area contributed by atoms with Gasteiger partial charge in [0.15, 0.2) is 0 Å². The highest BCUT2D eigenvalue weighted by molar-refractivity contribution is 5.85. The molecule has 0 fully saturated rings. The monoisotopic (exact) mass is 693 g/mol. The highest BCUT2D eigenvalue weighted by Crippen LogP contribution is 2.28. The minimum Gasteiger partial charge on any atom is -0.493 e. The Bertz CT molecular complexity index is 1790. The number of ether oxygens (including phenoxy) is 4. The van der Waals surface area contributed by atoms with Crippen molar-refractivity contribution in [1.29, 1.82) is 0 Å². The SMILES string of the molecule is c1cc2c3c(ccnc3c1)COC2.c1ccc2c(c1)CCCN2.c1ccc2c(c1)CCCO2.c1ccc2c(c1)CCO2.c1ccc2c(c1)NCCO2. The first kappa shape index (κ1) is 34.9. The molecule has 0 saturated carbocycles. The van der Waals surface area contributed by atoms with Crippen molar-refractivity contribution >= 4 is 22.3 Å². The molecule has 52 heavy (non-hydrogen) atoms. The molecular formula is C45H47N3O4. The van der Waals surface area contributed by atoms with Gasteiger partial charge in [-0.15, -0.1) is 0 Å². The molecule has 0 amide bonds. The summed E-state index contributed by atoms with van der Waals surface area (Å²) in [7, 11) is 0. The van der Waals surface area contributed by atoms with Crippen LogP contribution in [0.25, 0.3) is 10.9 Å². The predicted molar refractivity (Wildman–Crippen MR) is 210 cm³/mol. The van der Waals surface area contributed by atoms with Gasteiger partial charge in [-0.25, -0.2) is 0 Å². The molecule has 5 aliphatic heterocycles. The molecule has 11 rings (SSSR count). The van der Waals surface area contributed by atoms with Crippen molar-refractivity contribution in [1.82, 2.24) is 4.98 Å². The topological polar surface area (TPSA) is 73.9 Å². The average molecular weight is 694 g/mol. The van der Waals surface area contributed by atoms with Gasteiger partial charge in [0.2, 0.25) is 0 Å². The number of hydrogen-bond donors (Lipinski definition) is 2. The van der Waals surface area contributed by atoms with E-state index in [-0.39, 0.29) is 0 Å². The molecule has 0 radical (unpaired) electrons. The maximum Gasteiger partial charge on any atom is 0.142 e. The van der Waals surface area contributed by atoms with Gasteiger partial charge in [0, 0.05) is 36.8 Å². The first-order valence-corrected chi connectivity index (χ1v) is 18.4. The van der Waals surface area contributed by atoms with Crippen LogP contribution in [-0.4, -0.2) is 37.9 Å². The zero-order valence-corrected chi connectivity index (χ0v) is 29.7. The van der Waals surface area contributed by atoms with Gasteiger partial charge in [0.1, 0.15) is 23.9 Å². The number of fused-ring (bicyclic) bond motifs is 4. The van der Waals surface area contributed by atoms with Crippen molar-refractivity contribution in [2.45, 2.75) is 45.3 Å². The zero-order chi connectivity index (χ0) is 35.2. The number of rotatable bonds is 0. The van der Waals surface area contributed by atoms with Crippen molar-refractivity contribution in [3.8, 4) is 17.2 Å². The molecular weight excluding hydrogens is 647 g/mol. The van der Waals surface area contributed by atoms with E-state index in [0.29, 0.717) is 0 Å². The molecule has 0 unspecified atom stereocenters. The summed E-state index contributed by atoms with van der Waals surface area (Å²) >= 11 is 0. The Hall–Kier alpha value is -5.53. The summed E-state index contributed by atoms with van der Waals surface area (Å²) in [5, 5.41) is 7.89. The number of para-hydroxylation sites is 5. The van der Waals surface area contributed by atoms with Crippen LogP contribution >= 0.6 is 0 Å². The number of benzene rings is 5. The average Bonchev–Trinajstić information content (AvgIpc) is 3.72. The Balaban J connectivity index is 0.000000102. The molecule has 0 spiro atoms. The molecule has 5 aromatic carbocycles. The second-order valence-electron chi connectivity index (χ2n) is 13.0. The Morgan fingerprint density at radius 1 is 0.442 bits per heavy atom. The zero-order valence-electron chi connectivity index (χ0n) is 29.7. The maximum absolute atomic E-state index is 5.46. The van der Waals surface area contributed by atoms with E-state index in [2.05, 4.69) is 64.1 Å². The van der Waals surface area contributed by atoms with Gasteiger partial charge in [-0.05, 0) is 96.0 Å². The number of nitrogens with zero attached hydrogens (tertiary/aromatic N) is 1. The van der Waals surface area contributed by atoms with Crippen LogP contribution in [0.2, 0.25) is 0 Å². The summed E-state index contributed by atoms with van der Waals surface area (Å²) in [6.45, 7) is 6.01. The summed E-state index contributed by atoms with van der Waals surface area (Å²) in [6.07, 6.45) is 7.78. The molecule has 6 aromatic rings. The molecule has 2 N–H and O–H groups in total. The van der Waals surface area contributed by atoms with E-state index in [0.717, 1.165) is 87.4 Å². The standard InChI is InChI=1S/C11H9NO.C9H11N.C9H10O.C8H9NO.C8H8O/c1-2-8-6-13-7-9-4-5-12-10(3-1)11(8)9;2*1-2-6-9-8(4-1)5-3-7-10-9;1-2-4-8-7(3-1)9-5-6-10-8;1-2-4-8-7(3-1)5-6-9-8/h1-5H,6-7H2;1-2,4,6,10H,3,5,7H2;1-2,4,6H,3,5,7H2;1-4,9H,5-6H2;1-4H,5-6H2. The first-order chi connectivity index (χ1) is 25.8. The van der Waals surface area contributed by atoms with E-state index in [4.69, 9.17) is 18.9 Å². The van der Waals surface area contributed by atoms with Crippen LogP contribution in [0.5, 0.6) is 17.2 Å².